The highest BCUT2D eigenvalue weighted by Gasteiger charge is 2.14. The van der Waals surface area contributed by atoms with Crippen molar-refractivity contribution in [1.82, 2.24) is 5.43 Å². The Morgan fingerprint density at radius 2 is 2.22 bits per heavy atom. The number of allylic oxidation sites excluding steroid dienone is 2. The van der Waals surface area contributed by atoms with Gasteiger partial charge in [0, 0.05) is 23.4 Å². The number of hydrogen-bond acceptors (Lipinski definition) is 4. The molecule has 6 heteroatoms. The second kappa shape index (κ2) is 6.29. The van der Waals surface area contributed by atoms with Crippen LogP contribution in [0.3, 0.4) is 0 Å². The van der Waals surface area contributed by atoms with Gasteiger partial charge in [0.1, 0.15) is 0 Å². The van der Waals surface area contributed by atoms with Crippen LogP contribution in [0.15, 0.2) is 35.5 Å². The molecule has 0 aromatic heterocycles. The lowest BCUT2D eigenvalue weighted by atomic mass is 10.1. The average Bonchev–Trinajstić information content (AvgIpc) is 2.34. The van der Waals surface area contributed by atoms with E-state index in [1.165, 1.54) is 24.4 Å². The first-order valence-corrected chi connectivity index (χ1v) is 5.26. The number of aryl methyl sites for hydroxylation is 1. The van der Waals surface area contributed by atoms with Gasteiger partial charge in [0.05, 0.1) is 4.92 Å². The van der Waals surface area contributed by atoms with Crippen molar-refractivity contribution in [3.8, 4) is 0 Å². The van der Waals surface area contributed by atoms with Gasteiger partial charge in [-0.1, -0.05) is 12.1 Å². The molecule has 1 amide bonds. The summed E-state index contributed by atoms with van der Waals surface area (Å²) in [5, 5.41) is 14.4. The van der Waals surface area contributed by atoms with Gasteiger partial charge in [-0.2, -0.15) is 5.10 Å². The number of nitro benzene ring substituents is 1. The third kappa shape index (κ3) is 3.51. The quantitative estimate of drug-likeness (QED) is 0.502. The number of benzene rings is 1. The Hall–Kier alpha value is -2.50. The number of amides is 1. The van der Waals surface area contributed by atoms with Crippen LogP contribution in [0.5, 0.6) is 0 Å². The number of nitrogens with zero attached hydrogens (tertiary/aromatic N) is 2. The van der Waals surface area contributed by atoms with Gasteiger partial charge in [0.25, 0.3) is 11.6 Å². The summed E-state index contributed by atoms with van der Waals surface area (Å²) in [7, 11) is 0. The Morgan fingerprint density at radius 1 is 1.50 bits per heavy atom. The van der Waals surface area contributed by atoms with Crippen LogP contribution in [-0.4, -0.2) is 17.0 Å². The molecule has 1 N–H and O–H groups in total. The van der Waals surface area contributed by atoms with E-state index in [0.717, 1.165) is 0 Å². The Labute approximate surface area is 104 Å². The van der Waals surface area contributed by atoms with Gasteiger partial charge in [0.2, 0.25) is 0 Å². The van der Waals surface area contributed by atoms with E-state index in [1.807, 2.05) is 6.92 Å². The fraction of sp³-hybridized carbons (Fsp3) is 0.167. The SMILES string of the molecule is CC=CC=NNC(=O)c1ccc(C)c([N+](=O)[O-])c1. The molecule has 94 valence electrons. The zero-order chi connectivity index (χ0) is 13.5. The highest BCUT2D eigenvalue weighted by molar-refractivity contribution is 5.95. The van der Waals surface area contributed by atoms with E-state index in [4.69, 9.17) is 0 Å². The summed E-state index contributed by atoms with van der Waals surface area (Å²) in [4.78, 5) is 21.8. The predicted molar refractivity (Wildman–Crippen MR) is 68.6 cm³/mol. The van der Waals surface area contributed by atoms with Crippen molar-refractivity contribution in [2.45, 2.75) is 13.8 Å². The Morgan fingerprint density at radius 3 is 2.83 bits per heavy atom. The highest BCUT2D eigenvalue weighted by Crippen LogP contribution is 2.19. The normalized spacial score (nSPS) is 11.0. The maximum Gasteiger partial charge on any atom is 0.273 e. The molecular formula is C12H13N3O3. The minimum absolute atomic E-state index is 0.0833. The molecule has 6 nitrogen and oxygen atoms in total. The van der Waals surface area contributed by atoms with E-state index in [1.54, 1.807) is 19.1 Å². The highest BCUT2D eigenvalue weighted by atomic mass is 16.6. The van der Waals surface area contributed by atoms with Crippen molar-refractivity contribution in [3.63, 3.8) is 0 Å². The number of rotatable bonds is 4. The Kier molecular flexibility index (Phi) is 4.74. The number of nitrogens with one attached hydrogen (secondary N) is 1. The van der Waals surface area contributed by atoms with Gasteiger partial charge in [-0.3, -0.25) is 14.9 Å². The summed E-state index contributed by atoms with van der Waals surface area (Å²) >= 11 is 0. The van der Waals surface area contributed by atoms with Crippen LogP contribution in [0, 0.1) is 17.0 Å². The Bertz CT molecular complexity index is 521. The molecule has 0 aliphatic heterocycles. The largest absolute Gasteiger partial charge is 0.273 e. The summed E-state index contributed by atoms with van der Waals surface area (Å²) < 4.78 is 0. The van der Waals surface area contributed by atoms with Gasteiger partial charge in [-0.15, -0.1) is 0 Å². The number of carbonyl (C=O) groups is 1. The maximum absolute atomic E-state index is 11.6. The van der Waals surface area contributed by atoms with Crippen LogP contribution in [0.25, 0.3) is 0 Å². The molecule has 0 aliphatic carbocycles. The molecule has 0 spiro atoms. The minimum Gasteiger partial charge on any atom is -0.267 e. The first-order chi connectivity index (χ1) is 8.56. The summed E-state index contributed by atoms with van der Waals surface area (Å²) in [6.07, 6.45) is 4.82. The lowest BCUT2D eigenvalue weighted by Crippen LogP contribution is -2.17. The molecule has 0 saturated heterocycles. The molecule has 0 bridgehead atoms. The van der Waals surface area contributed by atoms with Gasteiger partial charge >= 0.3 is 0 Å². The van der Waals surface area contributed by atoms with Crippen molar-refractivity contribution >= 4 is 17.8 Å². The van der Waals surface area contributed by atoms with E-state index in [0.29, 0.717) is 5.56 Å². The van der Waals surface area contributed by atoms with E-state index < -0.39 is 10.8 Å². The molecule has 1 aromatic carbocycles. The maximum atomic E-state index is 11.6. The average molecular weight is 247 g/mol. The van der Waals surface area contributed by atoms with Crippen LogP contribution in [0.2, 0.25) is 0 Å². The lowest BCUT2D eigenvalue weighted by Gasteiger charge is -2.01. The third-order valence-electron chi connectivity index (χ3n) is 2.19. The summed E-state index contributed by atoms with van der Waals surface area (Å²) in [6, 6.07) is 4.28. The third-order valence-corrected chi connectivity index (χ3v) is 2.19. The van der Waals surface area contributed by atoms with E-state index in [2.05, 4.69) is 10.5 Å². The molecular weight excluding hydrogens is 234 g/mol. The molecule has 1 aromatic rings. The summed E-state index contributed by atoms with van der Waals surface area (Å²) in [5.41, 5.74) is 2.90. The zero-order valence-electron chi connectivity index (χ0n) is 10.1. The zero-order valence-corrected chi connectivity index (χ0v) is 10.1. The lowest BCUT2D eigenvalue weighted by molar-refractivity contribution is -0.385. The predicted octanol–water partition coefficient (Wildman–Crippen LogP) is 2.19. The first kappa shape index (κ1) is 13.6. The van der Waals surface area contributed by atoms with E-state index in [-0.39, 0.29) is 11.3 Å². The molecule has 0 fully saturated rings. The van der Waals surface area contributed by atoms with E-state index >= 15 is 0 Å². The monoisotopic (exact) mass is 247 g/mol. The van der Waals surface area contributed by atoms with Crippen molar-refractivity contribution in [3.05, 3.63) is 51.6 Å². The van der Waals surface area contributed by atoms with Crippen LogP contribution in [0.1, 0.15) is 22.8 Å². The molecule has 0 aliphatic rings. The van der Waals surface area contributed by atoms with Crippen molar-refractivity contribution < 1.29 is 9.72 Å². The number of nitro groups is 1. The molecule has 0 atom stereocenters. The topological polar surface area (TPSA) is 84.6 Å². The van der Waals surface area contributed by atoms with Gasteiger partial charge in [-0.05, 0) is 26.0 Å². The van der Waals surface area contributed by atoms with Gasteiger partial charge in [-0.25, -0.2) is 5.43 Å². The van der Waals surface area contributed by atoms with Crippen LogP contribution in [-0.2, 0) is 0 Å². The molecule has 0 radical (unpaired) electrons. The Balaban J connectivity index is 2.87. The number of carbonyl (C=O) groups excluding carboxylic acids is 1. The van der Waals surface area contributed by atoms with Crippen LogP contribution < -0.4 is 5.43 Å². The van der Waals surface area contributed by atoms with Gasteiger partial charge in [0.15, 0.2) is 0 Å². The molecule has 1 rings (SSSR count). The van der Waals surface area contributed by atoms with Gasteiger partial charge < -0.3 is 0 Å². The minimum atomic E-state index is -0.519. The fourth-order valence-corrected chi connectivity index (χ4v) is 1.24. The smallest absolute Gasteiger partial charge is 0.267 e. The molecule has 18 heavy (non-hydrogen) atoms. The second-order valence-electron chi connectivity index (χ2n) is 3.50. The standard InChI is InChI=1S/C12H13N3O3/c1-3-4-7-13-14-12(16)10-6-5-9(2)11(8-10)15(17)18/h3-8H,1-2H3,(H,14,16). The number of hydrogen-bond donors (Lipinski definition) is 1. The molecule has 0 heterocycles. The van der Waals surface area contributed by atoms with Crippen LogP contribution >= 0.6 is 0 Å². The van der Waals surface area contributed by atoms with Crippen molar-refractivity contribution in [1.29, 1.82) is 0 Å². The summed E-state index contributed by atoms with van der Waals surface area (Å²) in [5.74, 6) is -0.487. The molecule has 0 unspecified atom stereocenters. The molecule has 0 saturated carbocycles. The number of hydrazone groups is 1. The van der Waals surface area contributed by atoms with Crippen molar-refractivity contribution in [2.24, 2.45) is 5.10 Å². The first-order valence-electron chi connectivity index (χ1n) is 5.26. The van der Waals surface area contributed by atoms with Crippen molar-refractivity contribution in [2.75, 3.05) is 0 Å². The van der Waals surface area contributed by atoms with E-state index in [9.17, 15) is 14.9 Å². The second-order valence-corrected chi connectivity index (χ2v) is 3.50. The summed E-state index contributed by atoms with van der Waals surface area (Å²) in [6.45, 7) is 3.43. The fourth-order valence-electron chi connectivity index (χ4n) is 1.24. The van der Waals surface area contributed by atoms with Crippen LogP contribution in [0.4, 0.5) is 5.69 Å².